The van der Waals surface area contributed by atoms with Gasteiger partial charge in [-0.3, -0.25) is 0 Å². The molecule has 0 N–H and O–H groups in total. The number of esters is 1. The zero-order chi connectivity index (χ0) is 28.0. The molecule has 214 valence electrons. The average molecular weight is 531 g/mol. The van der Waals surface area contributed by atoms with Crippen LogP contribution < -0.4 is 0 Å². The van der Waals surface area contributed by atoms with E-state index in [1.165, 1.54) is 51.4 Å². The number of benzene rings is 1. The van der Waals surface area contributed by atoms with Crippen LogP contribution in [0.25, 0.3) is 0 Å². The number of ether oxygens (including phenoxy) is 1. The Morgan fingerprint density at radius 3 is 2.26 bits per heavy atom. The van der Waals surface area contributed by atoms with E-state index < -0.39 is 0 Å². The molecule has 10 atom stereocenters. The van der Waals surface area contributed by atoms with Gasteiger partial charge in [-0.05, 0) is 121 Å². The molecule has 0 heterocycles. The summed E-state index contributed by atoms with van der Waals surface area (Å²) in [5.74, 6) is 3.49. The van der Waals surface area contributed by atoms with Crippen molar-refractivity contribution in [3.8, 4) is 0 Å². The molecule has 4 fully saturated rings. The van der Waals surface area contributed by atoms with E-state index in [2.05, 4.69) is 61.5 Å². The van der Waals surface area contributed by atoms with Crippen molar-refractivity contribution >= 4 is 5.97 Å². The van der Waals surface area contributed by atoms with E-state index in [1.54, 1.807) is 0 Å². The molecule has 0 radical (unpaired) electrons. The Kier molecular flexibility index (Phi) is 6.34. The van der Waals surface area contributed by atoms with Crippen LogP contribution in [0.1, 0.15) is 124 Å². The molecule has 6 rings (SSSR count). The summed E-state index contributed by atoms with van der Waals surface area (Å²) in [6.45, 7) is 20.6. The third kappa shape index (κ3) is 3.74. The third-order valence-electron chi connectivity index (χ3n) is 14.6. The lowest BCUT2D eigenvalue weighted by molar-refractivity contribution is -0.204. The van der Waals surface area contributed by atoms with E-state index in [9.17, 15) is 4.79 Å². The van der Waals surface area contributed by atoms with Crippen molar-refractivity contribution in [3.05, 3.63) is 47.5 Å². The standard InChI is InChI=1S/C37H54O2/c1-24-16-19-34(5)22-23-36(7)27(31(34)25(24)2)14-15-29-35(6)20-18-30(39-32(38)26-12-10-9-11-13-26)33(3,4)28(35)17-21-37(29,36)8/h9-14,24-25,28-31H,15-23H2,1-8H3/t24-,25-,28+,29+,30+,31+,34+,35+,36-,37+/m1/s1. The van der Waals surface area contributed by atoms with Crippen LogP contribution in [0, 0.1) is 56.7 Å². The first-order valence-corrected chi connectivity index (χ1v) is 16.2. The van der Waals surface area contributed by atoms with Gasteiger partial charge in [0.05, 0.1) is 5.56 Å². The number of hydrogen-bond acceptors (Lipinski definition) is 2. The second kappa shape index (κ2) is 8.96. The highest BCUT2D eigenvalue weighted by molar-refractivity contribution is 5.89. The van der Waals surface area contributed by atoms with Crippen molar-refractivity contribution < 1.29 is 9.53 Å². The van der Waals surface area contributed by atoms with Crippen LogP contribution in [0.4, 0.5) is 0 Å². The summed E-state index contributed by atoms with van der Waals surface area (Å²) >= 11 is 0. The molecular weight excluding hydrogens is 476 g/mol. The van der Waals surface area contributed by atoms with Crippen molar-refractivity contribution in [3.63, 3.8) is 0 Å². The Balaban J connectivity index is 1.31. The fraction of sp³-hybridized carbons (Fsp3) is 0.757. The summed E-state index contributed by atoms with van der Waals surface area (Å²) in [5, 5.41) is 0. The Morgan fingerprint density at radius 2 is 1.54 bits per heavy atom. The van der Waals surface area contributed by atoms with Gasteiger partial charge in [-0.25, -0.2) is 4.79 Å². The lowest BCUT2D eigenvalue weighted by Crippen LogP contribution is -2.65. The van der Waals surface area contributed by atoms with Crippen LogP contribution in [0.3, 0.4) is 0 Å². The molecule has 2 heteroatoms. The molecule has 1 aromatic carbocycles. The second-order valence-electron chi connectivity index (χ2n) is 16.4. The van der Waals surface area contributed by atoms with Crippen LogP contribution in [0.15, 0.2) is 42.0 Å². The van der Waals surface area contributed by atoms with Crippen LogP contribution in [0.2, 0.25) is 0 Å². The number of carbonyl (C=O) groups excluding carboxylic acids is 1. The highest BCUT2D eigenvalue weighted by atomic mass is 16.5. The summed E-state index contributed by atoms with van der Waals surface area (Å²) < 4.78 is 6.29. The maximum atomic E-state index is 13.1. The van der Waals surface area contributed by atoms with Gasteiger partial charge in [0.25, 0.3) is 0 Å². The number of hydrogen-bond donors (Lipinski definition) is 0. The van der Waals surface area contributed by atoms with Gasteiger partial charge in [0.1, 0.15) is 6.10 Å². The molecule has 0 aromatic heterocycles. The molecular formula is C37H54O2. The summed E-state index contributed by atoms with van der Waals surface area (Å²) in [6, 6.07) is 9.57. The van der Waals surface area contributed by atoms with Gasteiger partial charge in [-0.15, -0.1) is 0 Å². The summed E-state index contributed by atoms with van der Waals surface area (Å²) in [6.07, 6.45) is 14.3. The number of rotatable bonds is 2. The van der Waals surface area contributed by atoms with Crippen LogP contribution >= 0.6 is 0 Å². The molecule has 1 aromatic rings. The maximum absolute atomic E-state index is 13.1. The van der Waals surface area contributed by atoms with E-state index in [0.717, 1.165) is 24.2 Å². The quantitative estimate of drug-likeness (QED) is 0.281. The van der Waals surface area contributed by atoms with Gasteiger partial charge < -0.3 is 4.74 Å². The number of carbonyl (C=O) groups is 1. The summed E-state index contributed by atoms with van der Waals surface area (Å²) in [5.41, 5.74) is 3.93. The molecule has 0 amide bonds. The number of allylic oxidation sites excluding steroid dienone is 2. The van der Waals surface area contributed by atoms with Crippen molar-refractivity contribution in [2.24, 2.45) is 56.7 Å². The largest absolute Gasteiger partial charge is 0.458 e. The van der Waals surface area contributed by atoms with Crippen molar-refractivity contribution in [2.45, 2.75) is 119 Å². The summed E-state index contributed by atoms with van der Waals surface area (Å²) in [4.78, 5) is 13.1. The third-order valence-corrected chi connectivity index (χ3v) is 14.6. The number of fused-ring (bicyclic) bond motifs is 7. The molecule has 5 aliphatic carbocycles. The lowest BCUT2D eigenvalue weighted by atomic mass is 9.33. The molecule has 5 aliphatic rings. The molecule has 0 spiro atoms. The van der Waals surface area contributed by atoms with Gasteiger partial charge in [-0.1, -0.05) is 85.2 Å². The molecule has 4 saturated carbocycles. The molecule has 0 unspecified atom stereocenters. The molecule has 39 heavy (non-hydrogen) atoms. The van der Waals surface area contributed by atoms with Gasteiger partial charge in [0.2, 0.25) is 0 Å². The predicted molar refractivity (Wildman–Crippen MR) is 160 cm³/mol. The van der Waals surface area contributed by atoms with Crippen molar-refractivity contribution in [2.75, 3.05) is 0 Å². The molecule has 2 nitrogen and oxygen atoms in total. The van der Waals surface area contributed by atoms with Gasteiger partial charge in [0, 0.05) is 5.41 Å². The predicted octanol–water partition coefficient (Wildman–Crippen LogP) is 9.89. The van der Waals surface area contributed by atoms with E-state index >= 15 is 0 Å². The molecule has 0 saturated heterocycles. The minimum atomic E-state index is -0.156. The van der Waals surface area contributed by atoms with E-state index in [4.69, 9.17) is 4.74 Å². The maximum Gasteiger partial charge on any atom is 0.338 e. The Labute approximate surface area is 238 Å². The second-order valence-corrected chi connectivity index (χ2v) is 16.4. The first-order valence-electron chi connectivity index (χ1n) is 16.2. The van der Waals surface area contributed by atoms with Crippen LogP contribution in [0.5, 0.6) is 0 Å². The smallest absolute Gasteiger partial charge is 0.338 e. The SMILES string of the molecule is C[C@@H]1[C@H](C)CC[C@@]2(C)CC[C@]3(C)C(=CC[C@H]4[C@@]5(C)CC[C@H](OC(=O)c6ccccc6)C(C)(C)[C@@H]5CC[C@@]43C)[C@H]12. The summed E-state index contributed by atoms with van der Waals surface area (Å²) in [7, 11) is 0. The average Bonchev–Trinajstić information content (AvgIpc) is 2.89. The van der Waals surface area contributed by atoms with Crippen LogP contribution in [-0.2, 0) is 4.74 Å². The molecule has 0 bridgehead atoms. The minimum absolute atomic E-state index is 0.0159. The van der Waals surface area contributed by atoms with E-state index in [1.807, 2.05) is 35.9 Å². The van der Waals surface area contributed by atoms with E-state index in [0.29, 0.717) is 33.6 Å². The first-order chi connectivity index (χ1) is 18.3. The topological polar surface area (TPSA) is 26.3 Å². The first kappa shape index (κ1) is 27.6. The zero-order valence-electron chi connectivity index (χ0n) is 26.1. The van der Waals surface area contributed by atoms with Crippen LogP contribution in [-0.4, -0.2) is 12.1 Å². The van der Waals surface area contributed by atoms with Gasteiger partial charge >= 0.3 is 5.97 Å². The van der Waals surface area contributed by atoms with Gasteiger partial charge in [0.15, 0.2) is 0 Å². The monoisotopic (exact) mass is 530 g/mol. The highest BCUT2D eigenvalue weighted by Gasteiger charge is 2.68. The van der Waals surface area contributed by atoms with E-state index in [-0.39, 0.29) is 22.9 Å². The normalized spacial score (nSPS) is 48.5. The zero-order valence-corrected chi connectivity index (χ0v) is 26.1. The highest BCUT2D eigenvalue weighted by Crippen LogP contribution is 2.75. The molecule has 0 aliphatic heterocycles. The Hall–Kier alpha value is -1.57. The van der Waals surface area contributed by atoms with Crippen molar-refractivity contribution in [1.82, 2.24) is 0 Å². The minimum Gasteiger partial charge on any atom is -0.458 e. The Morgan fingerprint density at radius 1 is 0.821 bits per heavy atom. The van der Waals surface area contributed by atoms with Gasteiger partial charge in [-0.2, -0.15) is 0 Å². The Bertz CT molecular complexity index is 1150. The fourth-order valence-corrected chi connectivity index (χ4v) is 11.8. The fourth-order valence-electron chi connectivity index (χ4n) is 11.8. The van der Waals surface area contributed by atoms with Crippen molar-refractivity contribution in [1.29, 1.82) is 0 Å². The lowest BCUT2D eigenvalue weighted by Gasteiger charge is -2.71.